The fourth-order valence-corrected chi connectivity index (χ4v) is 4.34. The summed E-state index contributed by atoms with van der Waals surface area (Å²) in [6, 6.07) is 22.8. The summed E-state index contributed by atoms with van der Waals surface area (Å²) in [4.78, 5) is 32.3. The number of carbonyl (C=O) groups is 2. The number of hydrogen-bond acceptors (Lipinski definition) is 5. The highest BCUT2D eigenvalue weighted by Crippen LogP contribution is 2.29. The highest BCUT2D eigenvalue weighted by atomic mass is 16.6. The monoisotopic (exact) mass is 510 g/mol. The third kappa shape index (κ3) is 5.39. The molecule has 0 unspecified atom stereocenters. The summed E-state index contributed by atoms with van der Waals surface area (Å²) < 4.78 is 12.7. The third-order valence-electron chi connectivity index (χ3n) is 6.17. The van der Waals surface area contributed by atoms with Gasteiger partial charge in [-0.2, -0.15) is 0 Å². The van der Waals surface area contributed by atoms with E-state index in [1.165, 1.54) is 0 Å². The van der Waals surface area contributed by atoms with Gasteiger partial charge in [-0.3, -0.25) is 19.6 Å². The smallest absolute Gasteiger partial charge is 0.410 e. The van der Waals surface area contributed by atoms with Gasteiger partial charge in [0.15, 0.2) is 0 Å². The number of hydrogen-bond donors (Lipinski definition) is 1. The van der Waals surface area contributed by atoms with Crippen molar-refractivity contribution < 1.29 is 19.1 Å². The molecule has 1 aliphatic heterocycles. The predicted octanol–water partition coefficient (Wildman–Crippen LogP) is 6.05. The minimum Gasteiger partial charge on any atom is -0.497 e. The molecule has 4 aromatic rings. The summed E-state index contributed by atoms with van der Waals surface area (Å²) in [5, 5.41) is 2.98. The van der Waals surface area contributed by atoms with Crippen molar-refractivity contribution in [1.29, 1.82) is 0 Å². The molecule has 0 fully saturated rings. The lowest BCUT2D eigenvalue weighted by atomic mass is 10.1. The molecule has 1 aliphatic rings. The maximum Gasteiger partial charge on any atom is 0.410 e. The number of benzene rings is 3. The van der Waals surface area contributed by atoms with Gasteiger partial charge >= 0.3 is 6.09 Å². The van der Waals surface area contributed by atoms with Gasteiger partial charge in [0.25, 0.3) is 5.91 Å². The van der Waals surface area contributed by atoms with Crippen LogP contribution in [0.1, 0.15) is 42.3 Å². The number of nitrogens with one attached hydrogen (secondary N) is 1. The molecule has 1 N–H and O–H groups in total. The Morgan fingerprint density at radius 1 is 0.921 bits per heavy atom. The molecule has 5 rings (SSSR count). The first-order chi connectivity index (χ1) is 18.2. The van der Waals surface area contributed by atoms with E-state index in [0.29, 0.717) is 30.3 Å². The van der Waals surface area contributed by atoms with E-state index >= 15 is 0 Å². The predicted molar refractivity (Wildman–Crippen MR) is 145 cm³/mol. The highest BCUT2D eigenvalue weighted by molar-refractivity contribution is 6.04. The fourth-order valence-electron chi connectivity index (χ4n) is 4.34. The van der Waals surface area contributed by atoms with Crippen LogP contribution in [0.4, 0.5) is 10.7 Å². The Kier molecular flexibility index (Phi) is 6.63. The van der Waals surface area contributed by atoms with Gasteiger partial charge in [0.2, 0.25) is 5.95 Å². The van der Waals surface area contributed by atoms with Gasteiger partial charge in [-0.15, -0.1) is 0 Å². The number of aromatic nitrogens is 2. The van der Waals surface area contributed by atoms with E-state index in [-0.39, 0.29) is 12.0 Å². The number of fused-ring (bicyclic) bond motifs is 1. The zero-order valence-electron chi connectivity index (χ0n) is 21.9. The normalized spacial score (nSPS) is 12.7. The number of nitrogens with zero attached hydrogens (tertiary/aromatic N) is 3. The quantitative estimate of drug-likeness (QED) is 0.353. The molecular weight excluding hydrogens is 480 g/mol. The number of ether oxygens (including phenoxy) is 2. The van der Waals surface area contributed by atoms with Gasteiger partial charge in [0.05, 0.1) is 12.8 Å². The van der Waals surface area contributed by atoms with Crippen molar-refractivity contribution in [3.8, 4) is 22.7 Å². The van der Waals surface area contributed by atoms with Crippen LogP contribution >= 0.6 is 0 Å². The van der Waals surface area contributed by atoms with Crippen LogP contribution in [0.5, 0.6) is 5.75 Å². The fraction of sp³-hybridized carbons (Fsp3) is 0.233. The first-order valence-electron chi connectivity index (χ1n) is 12.4. The largest absolute Gasteiger partial charge is 0.497 e. The first kappa shape index (κ1) is 25.1. The Bertz CT molecular complexity index is 1490. The molecule has 0 radical (unpaired) electrons. The van der Waals surface area contributed by atoms with Crippen molar-refractivity contribution in [2.24, 2.45) is 0 Å². The molecule has 194 valence electrons. The SMILES string of the molecule is COc1cccc(-c2cn(-c3ccccc3)c(NC(=O)c3ccc4c(c3)CN(C(=O)OC(C)(C)C)C4)n2)c1. The number of carbonyl (C=O) groups excluding carboxylic acids is 2. The van der Waals surface area contributed by atoms with Gasteiger partial charge < -0.3 is 9.47 Å². The summed E-state index contributed by atoms with van der Waals surface area (Å²) in [5.41, 5.74) is 4.28. The molecule has 38 heavy (non-hydrogen) atoms. The molecular formula is C30H30N4O4. The number of imidazole rings is 1. The number of rotatable bonds is 5. The second-order valence-corrected chi connectivity index (χ2v) is 10.2. The van der Waals surface area contributed by atoms with Gasteiger partial charge in [-0.25, -0.2) is 9.78 Å². The molecule has 0 saturated carbocycles. The topological polar surface area (TPSA) is 85.7 Å². The van der Waals surface area contributed by atoms with Crippen LogP contribution in [0.2, 0.25) is 0 Å². The van der Waals surface area contributed by atoms with Crippen molar-refractivity contribution in [1.82, 2.24) is 14.5 Å². The summed E-state index contributed by atoms with van der Waals surface area (Å²) >= 11 is 0. The number of anilines is 1. The molecule has 3 aromatic carbocycles. The van der Waals surface area contributed by atoms with Crippen molar-refractivity contribution >= 4 is 17.9 Å². The molecule has 0 spiro atoms. The molecule has 8 nitrogen and oxygen atoms in total. The van der Waals surface area contributed by atoms with Crippen molar-refractivity contribution in [2.75, 3.05) is 12.4 Å². The molecule has 1 aromatic heterocycles. The number of para-hydroxylation sites is 1. The molecule has 0 saturated heterocycles. The Hall–Kier alpha value is -4.59. The zero-order valence-corrected chi connectivity index (χ0v) is 21.9. The summed E-state index contributed by atoms with van der Waals surface area (Å²) in [6.45, 7) is 6.37. The van der Waals surface area contributed by atoms with E-state index < -0.39 is 5.60 Å². The maximum atomic E-state index is 13.4. The van der Waals surface area contributed by atoms with Crippen LogP contribution in [0.25, 0.3) is 16.9 Å². The zero-order chi connectivity index (χ0) is 26.9. The number of amides is 2. The van der Waals surface area contributed by atoms with Crippen LogP contribution in [0.15, 0.2) is 79.0 Å². The van der Waals surface area contributed by atoms with Crippen molar-refractivity contribution in [3.05, 3.63) is 95.7 Å². The summed E-state index contributed by atoms with van der Waals surface area (Å²) in [7, 11) is 1.62. The average molecular weight is 511 g/mol. The lowest BCUT2D eigenvalue weighted by Gasteiger charge is -2.24. The summed E-state index contributed by atoms with van der Waals surface area (Å²) in [6.07, 6.45) is 1.52. The maximum absolute atomic E-state index is 13.4. The molecule has 0 bridgehead atoms. The van der Waals surface area contributed by atoms with Crippen LogP contribution in [-0.2, 0) is 17.8 Å². The minimum atomic E-state index is -0.568. The lowest BCUT2D eigenvalue weighted by molar-refractivity contribution is 0.0241. The molecule has 2 amide bonds. The van der Waals surface area contributed by atoms with E-state index in [4.69, 9.17) is 14.5 Å². The van der Waals surface area contributed by atoms with Crippen LogP contribution in [0, 0.1) is 0 Å². The highest BCUT2D eigenvalue weighted by Gasteiger charge is 2.28. The van der Waals surface area contributed by atoms with Gasteiger partial charge in [-0.05, 0) is 68.3 Å². The van der Waals surface area contributed by atoms with E-state index in [2.05, 4.69) is 5.32 Å². The molecule has 0 aliphatic carbocycles. The van der Waals surface area contributed by atoms with Crippen LogP contribution < -0.4 is 10.1 Å². The molecule has 8 heteroatoms. The third-order valence-corrected chi connectivity index (χ3v) is 6.17. The number of methoxy groups -OCH3 is 1. The minimum absolute atomic E-state index is 0.288. The Labute approximate surface area is 221 Å². The summed E-state index contributed by atoms with van der Waals surface area (Å²) in [5.74, 6) is 0.833. The average Bonchev–Trinajstić information content (AvgIpc) is 3.52. The van der Waals surface area contributed by atoms with Crippen LogP contribution in [-0.4, -0.2) is 39.2 Å². The van der Waals surface area contributed by atoms with E-state index in [9.17, 15) is 9.59 Å². The second-order valence-electron chi connectivity index (χ2n) is 10.2. The van der Waals surface area contributed by atoms with Gasteiger partial charge in [0.1, 0.15) is 11.4 Å². The Morgan fingerprint density at radius 3 is 2.42 bits per heavy atom. The van der Waals surface area contributed by atoms with Crippen molar-refractivity contribution in [2.45, 2.75) is 39.5 Å². The van der Waals surface area contributed by atoms with Crippen LogP contribution in [0.3, 0.4) is 0 Å². The van der Waals surface area contributed by atoms with E-state index in [1.807, 2.05) is 98.3 Å². The van der Waals surface area contributed by atoms with Gasteiger partial charge in [0, 0.05) is 36.1 Å². The second kappa shape index (κ2) is 10.0. The van der Waals surface area contributed by atoms with E-state index in [0.717, 1.165) is 28.1 Å². The van der Waals surface area contributed by atoms with Crippen molar-refractivity contribution in [3.63, 3.8) is 0 Å². The molecule has 2 heterocycles. The lowest BCUT2D eigenvalue weighted by Crippen LogP contribution is -2.33. The Morgan fingerprint density at radius 2 is 1.68 bits per heavy atom. The standard InChI is InChI=1S/C30H30N4O4/c1-30(2,3)38-29(36)33-17-22-14-13-21(15-23(22)18-33)27(35)32-28-31-26(20-9-8-12-25(16-20)37-4)19-34(28)24-10-6-5-7-11-24/h5-16,19H,17-18H2,1-4H3,(H,31,32,35). The van der Waals surface area contributed by atoms with E-state index in [1.54, 1.807) is 18.1 Å². The van der Waals surface area contributed by atoms with Gasteiger partial charge in [-0.1, -0.05) is 36.4 Å². The Balaban J connectivity index is 1.40. The molecule has 0 atom stereocenters. The first-order valence-corrected chi connectivity index (χ1v) is 12.4.